The van der Waals surface area contributed by atoms with Gasteiger partial charge in [-0.2, -0.15) is 11.8 Å². The van der Waals surface area contributed by atoms with Crippen LogP contribution in [0.25, 0.3) is 5.00 Å². The molecule has 28 heavy (non-hydrogen) atoms. The number of nitrogens with one attached hydrogen (secondary N) is 1. The number of thioether (sulfide) groups is 1. The zero-order chi connectivity index (χ0) is 18.9. The summed E-state index contributed by atoms with van der Waals surface area (Å²) in [5.74, 6) is 3.02. The highest BCUT2D eigenvalue weighted by molar-refractivity contribution is 7.98. The number of hydrogen-bond donors (Lipinski definition) is 1. The van der Waals surface area contributed by atoms with Gasteiger partial charge in [0, 0.05) is 36.1 Å². The molecule has 5 heterocycles. The fourth-order valence-electron chi connectivity index (χ4n) is 3.89. The van der Waals surface area contributed by atoms with E-state index >= 15 is 0 Å². The van der Waals surface area contributed by atoms with Gasteiger partial charge in [0.25, 0.3) is 5.91 Å². The quantitative estimate of drug-likeness (QED) is 0.684. The van der Waals surface area contributed by atoms with E-state index in [-0.39, 0.29) is 5.91 Å². The van der Waals surface area contributed by atoms with Crippen molar-refractivity contribution in [3.63, 3.8) is 0 Å². The summed E-state index contributed by atoms with van der Waals surface area (Å²) in [6.07, 6.45) is 9.19. The molecular formula is C21H22N4OS2. The minimum absolute atomic E-state index is 0.0381. The molecular weight excluding hydrogens is 388 g/mol. The Balaban J connectivity index is 1.42. The Morgan fingerprint density at radius 1 is 1.14 bits per heavy atom. The number of carbonyl (C=O) groups excluding carboxylic acids is 1. The number of amides is 1. The van der Waals surface area contributed by atoms with Crippen molar-refractivity contribution < 1.29 is 4.79 Å². The summed E-state index contributed by atoms with van der Waals surface area (Å²) in [7, 11) is 0. The van der Waals surface area contributed by atoms with Crippen LogP contribution in [0.1, 0.15) is 33.6 Å². The molecule has 0 spiro atoms. The van der Waals surface area contributed by atoms with Crippen LogP contribution in [0.15, 0.2) is 42.9 Å². The molecule has 0 aliphatic carbocycles. The molecule has 2 aliphatic heterocycles. The number of anilines is 2. The summed E-state index contributed by atoms with van der Waals surface area (Å²) in [5.41, 5.74) is 2.78. The molecule has 0 unspecified atom stereocenters. The molecule has 5 nitrogen and oxygen atoms in total. The van der Waals surface area contributed by atoms with Crippen molar-refractivity contribution in [2.24, 2.45) is 0 Å². The SMILES string of the molecule is O=C(Nc1ccc(N2CCCC2)nc1)c1c(-n2cccc2)sc2c1CCSC2. The van der Waals surface area contributed by atoms with Crippen LogP contribution in [0.5, 0.6) is 0 Å². The minimum Gasteiger partial charge on any atom is -0.357 e. The second-order valence-electron chi connectivity index (χ2n) is 7.13. The van der Waals surface area contributed by atoms with Gasteiger partial charge in [-0.25, -0.2) is 4.98 Å². The molecule has 1 N–H and O–H groups in total. The molecule has 0 bridgehead atoms. The van der Waals surface area contributed by atoms with Crippen molar-refractivity contribution in [3.05, 3.63) is 58.9 Å². The summed E-state index contributed by atoms with van der Waals surface area (Å²) in [6.45, 7) is 2.13. The highest BCUT2D eigenvalue weighted by atomic mass is 32.2. The summed E-state index contributed by atoms with van der Waals surface area (Å²) in [5, 5.41) is 4.09. The van der Waals surface area contributed by atoms with Crippen LogP contribution in [-0.2, 0) is 12.2 Å². The first-order valence-electron chi connectivity index (χ1n) is 9.67. The predicted octanol–water partition coefficient (Wildman–Crippen LogP) is 4.58. The lowest BCUT2D eigenvalue weighted by Gasteiger charge is -2.16. The van der Waals surface area contributed by atoms with E-state index in [0.717, 1.165) is 53.1 Å². The zero-order valence-electron chi connectivity index (χ0n) is 15.6. The first-order chi connectivity index (χ1) is 13.8. The van der Waals surface area contributed by atoms with Gasteiger partial charge < -0.3 is 14.8 Å². The standard InChI is InChI=1S/C21H22N4OS2/c26-20(23-15-5-6-18(22-13-15)24-8-1-2-9-24)19-16-7-12-27-14-17(16)28-21(19)25-10-3-4-11-25/h3-6,10-11,13H,1-2,7-9,12,14H2,(H,23,26). The molecule has 1 saturated heterocycles. The van der Waals surface area contributed by atoms with E-state index in [4.69, 9.17) is 0 Å². The molecule has 144 valence electrons. The molecule has 0 aromatic carbocycles. The van der Waals surface area contributed by atoms with Crippen molar-refractivity contribution >= 4 is 40.5 Å². The first kappa shape index (κ1) is 17.8. The third kappa shape index (κ3) is 3.33. The molecule has 0 radical (unpaired) electrons. The largest absolute Gasteiger partial charge is 0.357 e. The number of thiophene rings is 1. The van der Waals surface area contributed by atoms with Crippen LogP contribution in [0.3, 0.4) is 0 Å². The molecule has 1 fully saturated rings. The van der Waals surface area contributed by atoms with Crippen LogP contribution < -0.4 is 10.2 Å². The van der Waals surface area contributed by atoms with Crippen molar-refractivity contribution in [1.82, 2.24) is 9.55 Å². The normalized spacial score (nSPS) is 16.2. The number of hydrogen-bond acceptors (Lipinski definition) is 5. The third-order valence-electron chi connectivity index (χ3n) is 5.30. The lowest BCUT2D eigenvalue weighted by atomic mass is 10.1. The number of carbonyl (C=O) groups is 1. The van der Waals surface area contributed by atoms with Crippen LogP contribution in [0.2, 0.25) is 0 Å². The zero-order valence-corrected chi connectivity index (χ0v) is 17.2. The molecule has 0 atom stereocenters. The van der Waals surface area contributed by atoms with E-state index in [9.17, 15) is 4.79 Å². The van der Waals surface area contributed by atoms with Crippen LogP contribution in [0, 0.1) is 0 Å². The monoisotopic (exact) mass is 410 g/mol. The maximum Gasteiger partial charge on any atom is 0.259 e. The fourth-order valence-corrected chi connectivity index (χ4v) is 6.33. The maximum atomic E-state index is 13.2. The van der Waals surface area contributed by atoms with Gasteiger partial charge >= 0.3 is 0 Å². The summed E-state index contributed by atoms with van der Waals surface area (Å²) in [6, 6.07) is 7.96. The van der Waals surface area contributed by atoms with Crippen molar-refractivity contribution in [2.45, 2.75) is 25.0 Å². The van der Waals surface area contributed by atoms with Crippen molar-refractivity contribution in [2.75, 3.05) is 29.1 Å². The highest BCUT2D eigenvalue weighted by Gasteiger charge is 2.26. The van der Waals surface area contributed by atoms with Crippen LogP contribution in [0.4, 0.5) is 11.5 Å². The Morgan fingerprint density at radius 2 is 1.96 bits per heavy atom. The molecule has 0 saturated carbocycles. The maximum absolute atomic E-state index is 13.2. The smallest absolute Gasteiger partial charge is 0.259 e. The molecule has 1 amide bonds. The Hall–Kier alpha value is -2.25. The van der Waals surface area contributed by atoms with Gasteiger partial charge in [0.15, 0.2) is 0 Å². The van der Waals surface area contributed by atoms with Crippen molar-refractivity contribution in [3.8, 4) is 5.00 Å². The Bertz CT molecular complexity index is 973. The molecule has 2 aliphatic rings. The first-order valence-corrected chi connectivity index (χ1v) is 11.6. The second-order valence-corrected chi connectivity index (χ2v) is 9.32. The lowest BCUT2D eigenvalue weighted by molar-refractivity contribution is 0.102. The number of pyridine rings is 1. The fraction of sp³-hybridized carbons (Fsp3) is 0.333. The van der Waals surface area contributed by atoms with E-state index in [1.54, 1.807) is 17.5 Å². The molecule has 3 aromatic rings. The van der Waals surface area contributed by atoms with Crippen LogP contribution >= 0.6 is 23.1 Å². The van der Waals surface area contributed by atoms with Gasteiger partial charge in [-0.1, -0.05) is 0 Å². The van der Waals surface area contributed by atoms with E-state index < -0.39 is 0 Å². The van der Waals surface area contributed by atoms with E-state index in [1.807, 2.05) is 48.4 Å². The average molecular weight is 411 g/mol. The predicted molar refractivity (Wildman–Crippen MR) is 117 cm³/mol. The van der Waals surface area contributed by atoms with Gasteiger partial charge in [-0.05, 0) is 54.8 Å². The van der Waals surface area contributed by atoms with Gasteiger partial charge in [-0.3, -0.25) is 4.79 Å². The number of aromatic nitrogens is 2. The highest BCUT2D eigenvalue weighted by Crippen LogP contribution is 2.38. The number of nitrogens with zero attached hydrogens (tertiary/aromatic N) is 3. The summed E-state index contributed by atoms with van der Waals surface area (Å²) >= 11 is 3.68. The van der Waals surface area contributed by atoms with E-state index in [2.05, 4.69) is 19.8 Å². The Morgan fingerprint density at radius 3 is 2.71 bits per heavy atom. The minimum atomic E-state index is -0.0381. The van der Waals surface area contributed by atoms with Crippen molar-refractivity contribution in [1.29, 1.82) is 0 Å². The topological polar surface area (TPSA) is 50.2 Å². The molecule has 3 aromatic heterocycles. The van der Waals surface area contributed by atoms with Gasteiger partial charge in [-0.15, -0.1) is 11.3 Å². The van der Waals surface area contributed by atoms with Crippen LogP contribution in [-0.4, -0.2) is 34.3 Å². The van der Waals surface area contributed by atoms with E-state index in [1.165, 1.54) is 23.3 Å². The third-order valence-corrected chi connectivity index (χ3v) is 7.72. The second kappa shape index (κ2) is 7.64. The molecule has 5 rings (SSSR count). The Labute approximate surface area is 172 Å². The van der Waals surface area contributed by atoms with Gasteiger partial charge in [0.2, 0.25) is 0 Å². The van der Waals surface area contributed by atoms with E-state index in [0.29, 0.717) is 0 Å². The number of rotatable bonds is 4. The lowest BCUT2D eigenvalue weighted by Crippen LogP contribution is -2.19. The molecule has 7 heteroatoms. The van der Waals surface area contributed by atoms with Gasteiger partial charge in [0.1, 0.15) is 10.8 Å². The summed E-state index contributed by atoms with van der Waals surface area (Å²) in [4.78, 5) is 21.4. The Kier molecular flexibility index (Phi) is 4.86. The average Bonchev–Trinajstić information content (AvgIpc) is 3.48. The number of fused-ring (bicyclic) bond motifs is 1. The summed E-state index contributed by atoms with van der Waals surface area (Å²) < 4.78 is 2.05. The van der Waals surface area contributed by atoms with Gasteiger partial charge in [0.05, 0.1) is 17.4 Å².